The molecule has 5 nitrogen and oxygen atoms in total. The molecule has 1 aromatic carbocycles. The Kier molecular flexibility index (Phi) is 3.55. The van der Waals surface area contributed by atoms with Crippen LogP contribution in [0.15, 0.2) is 18.2 Å². The zero-order valence-electron chi connectivity index (χ0n) is 9.27. The first kappa shape index (κ1) is 11.8. The molecular weight excluding hydrogens is 240 g/mol. The van der Waals surface area contributed by atoms with E-state index in [1.807, 2.05) is 18.2 Å². The number of carbonyl (C=O) groups is 1. The van der Waals surface area contributed by atoms with Crippen LogP contribution in [0.2, 0.25) is 0 Å². The molecule has 0 bridgehead atoms. The fraction of sp³-hybridized carbons (Fsp3) is 0.273. The zero-order valence-corrected chi connectivity index (χ0v) is 10.1. The third kappa shape index (κ3) is 2.92. The molecule has 0 atom stereocenters. The number of ether oxygens (including phenoxy) is 1. The van der Waals surface area contributed by atoms with Gasteiger partial charge in [-0.15, -0.1) is 11.3 Å². The van der Waals surface area contributed by atoms with E-state index >= 15 is 0 Å². The number of thiazole rings is 1. The van der Waals surface area contributed by atoms with Crippen molar-refractivity contribution in [1.82, 2.24) is 10.3 Å². The lowest BCUT2D eigenvalue weighted by atomic mass is 10.3. The Morgan fingerprint density at radius 3 is 3.12 bits per heavy atom. The van der Waals surface area contributed by atoms with Crippen molar-refractivity contribution in [3.8, 4) is 5.75 Å². The Morgan fingerprint density at radius 1 is 1.59 bits per heavy atom. The Balaban J connectivity index is 2.11. The first-order valence-corrected chi connectivity index (χ1v) is 5.86. The standard InChI is InChI=1S/C11H12N2O3S/c1-16-7-2-3-9-8(4-7)13-10(17-9)5-12-6-11(14)15/h2-4,12H,5-6H2,1H3,(H,14,15). The van der Waals surface area contributed by atoms with Crippen LogP contribution < -0.4 is 10.1 Å². The summed E-state index contributed by atoms with van der Waals surface area (Å²) in [5, 5.41) is 12.2. The van der Waals surface area contributed by atoms with Crippen LogP contribution in [0.1, 0.15) is 5.01 Å². The average Bonchev–Trinajstić information content (AvgIpc) is 2.69. The van der Waals surface area contributed by atoms with Crippen LogP contribution in [0.5, 0.6) is 5.75 Å². The second-order valence-electron chi connectivity index (χ2n) is 3.44. The van der Waals surface area contributed by atoms with Crippen LogP contribution in [0.25, 0.3) is 10.2 Å². The van der Waals surface area contributed by atoms with E-state index in [4.69, 9.17) is 9.84 Å². The second-order valence-corrected chi connectivity index (χ2v) is 4.55. The molecule has 1 aromatic heterocycles. The number of hydrogen-bond acceptors (Lipinski definition) is 5. The fourth-order valence-corrected chi connectivity index (χ4v) is 2.35. The highest BCUT2D eigenvalue weighted by Gasteiger charge is 2.05. The van der Waals surface area contributed by atoms with Crippen LogP contribution in [-0.4, -0.2) is 29.7 Å². The molecule has 2 aromatic rings. The monoisotopic (exact) mass is 252 g/mol. The predicted octanol–water partition coefficient (Wildman–Crippen LogP) is 1.48. The molecule has 0 spiro atoms. The summed E-state index contributed by atoms with van der Waals surface area (Å²) in [5.74, 6) is -0.0966. The van der Waals surface area contributed by atoms with E-state index < -0.39 is 5.97 Å². The summed E-state index contributed by atoms with van der Waals surface area (Å²) in [6.45, 7) is 0.410. The van der Waals surface area contributed by atoms with Crippen molar-refractivity contribution in [2.75, 3.05) is 13.7 Å². The summed E-state index contributed by atoms with van der Waals surface area (Å²) in [4.78, 5) is 14.8. The van der Waals surface area contributed by atoms with Gasteiger partial charge in [0.25, 0.3) is 0 Å². The van der Waals surface area contributed by atoms with Gasteiger partial charge in [0.1, 0.15) is 10.8 Å². The van der Waals surface area contributed by atoms with Gasteiger partial charge in [-0.05, 0) is 12.1 Å². The SMILES string of the molecule is COc1ccc2sc(CNCC(=O)O)nc2c1. The van der Waals surface area contributed by atoms with E-state index in [1.165, 1.54) is 0 Å². The number of nitrogens with zero attached hydrogens (tertiary/aromatic N) is 1. The Labute approximate surface area is 102 Å². The molecule has 0 aliphatic heterocycles. The van der Waals surface area contributed by atoms with Crippen LogP contribution >= 0.6 is 11.3 Å². The number of aromatic nitrogens is 1. The minimum atomic E-state index is -0.868. The number of rotatable bonds is 5. The third-order valence-electron chi connectivity index (χ3n) is 2.19. The van der Waals surface area contributed by atoms with Gasteiger partial charge in [-0.25, -0.2) is 4.98 Å². The first-order valence-electron chi connectivity index (χ1n) is 5.05. The maximum atomic E-state index is 10.3. The molecule has 0 fully saturated rings. The molecule has 17 heavy (non-hydrogen) atoms. The number of methoxy groups -OCH3 is 1. The van der Waals surface area contributed by atoms with Crippen LogP contribution in [0.3, 0.4) is 0 Å². The van der Waals surface area contributed by atoms with Gasteiger partial charge in [0, 0.05) is 12.6 Å². The molecule has 2 rings (SSSR count). The van der Waals surface area contributed by atoms with Gasteiger partial charge >= 0.3 is 5.97 Å². The quantitative estimate of drug-likeness (QED) is 0.843. The topological polar surface area (TPSA) is 71.5 Å². The molecule has 0 unspecified atom stereocenters. The highest BCUT2D eigenvalue weighted by Crippen LogP contribution is 2.25. The molecular formula is C11H12N2O3S. The average molecular weight is 252 g/mol. The lowest BCUT2D eigenvalue weighted by Gasteiger charge is -1.96. The number of fused-ring (bicyclic) bond motifs is 1. The summed E-state index contributed by atoms with van der Waals surface area (Å²) < 4.78 is 6.18. The molecule has 0 radical (unpaired) electrons. The van der Waals surface area contributed by atoms with Crippen molar-refractivity contribution in [3.05, 3.63) is 23.2 Å². The van der Waals surface area contributed by atoms with Crippen molar-refractivity contribution in [1.29, 1.82) is 0 Å². The van der Waals surface area contributed by atoms with Crippen molar-refractivity contribution in [3.63, 3.8) is 0 Å². The van der Waals surface area contributed by atoms with Crippen LogP contribution in [0.4, 0.5) is 0 Å². The van der Waals surface area contributed by atoms with Gasteiger partial charge in [-0.2, -0.15) is 0 Å². The number of benzene rings is 1. The lowest BCUT2D eigenvalue weighted by molar-refractivity contribution is -0.135. The number of carboxylic acids is 1. The second kappa shape index (κ2) is 5.11. The summed E-state index contributed by atoms with van der Waals surface area (Å²) in [6, 6.07) is 5.70. The normalized spacial score (nSPS) is 10.6. The van der Waals surface area contributed by atoms with Gasteiger partial charge < -0.3 is 15.2 Å². The van der Waals surface area contributed by atoms with E-state index in [-0.39, 0.29) is 6.54 Å². The Bertz CT molecular complexity index is 538. The Morgan fingerprint density at radius 2 is 2.41 bits per heavy atom. The van der Waals surface area contributed by atoms with Gasteiger partial charge in [0.15, 0.2) is 0 Å². The van der Waals surface area contributed by atoms with Crippen molar-refractivity contribution in [2.45, 2.75) is 6.54 Å². The third-order valence-corrected chi connectivity index (χ3v) is 3.23. The van der Waals surface area contributed by atoms with Crippen LogP contribution in [0, 0.1) is 0 Å². The molecule has 0 aliphatic carbocycles. The first-order chi connectivity index (χ1) is 8.19. The molecule has 1 heterocycles. The van der Waals surface area contributed by atoms with Crippen molar-refractivity contribution in [2.24, 2.45) is 0 Å². The maximum absolute atomic E-state index is 10.3. The van der Waals surface area contributed by atoms with E-state index in [0.29, 0.717) is 6.54 Å². The molecule has 0 saturated carbocycles. The molecule has 90 valence electrons. The van der Waals surface area contributed by atoms with Crippen molar-refractivity contribution < 1.29 is 14.6 Å². The number of aliphatic carboxylic acids is 1. The van der Waals surface area contributed by atoms with E-state index in [1.54, 1.807) is 18.4 Å². The smallest absolute Gasteiger partial charge is 0.317 e. The zero-order chi connectivity index (χ0) is 12.3. The molecule has 0 saturated heterocycles. The maximum Gasteiger partial charge on any atom is 0.317 e. The van der Waals surface area contributed by atoms with E-state index in [9.17, 15) is 4.79 Å². The largest absolute Gasteiger partial charge is 0.497 e. The van der Waals surface area contributed by atoms with Gasteiger partial charge in [-0.1, -0.05) is 0 Å². The van der Waals surface area contributed by atoms with Crippen molar-refractivity contribution >= 4 is 27.5 Å². The molecule has 2 N–H and O–H groups in total. The molecule has 6 heteroatoms. The van der Waals surface area contributed by atoms with E-state index in [0.717, 1.165) is 21.0 Å². The highest BCUT2D eigenvalue weighted by molar-refractivity contribution is 7.18. The molecule has 0 amide bonds. The van der Waals surface area contributed by atoms with Crippen LogP contribution in [-0.2, 0) is 11.3 Å². The number of carboxylic acid groups (broad SMARTS) is 1. The Hall–Kier alpha value is -1.66. The summed E-state index contributed by atoms with van der Waals surface area (Å²) >= 11 is 1.55. The number of nitrogens with one attached hydrogen (secondary N) is 1. The summed E-state index contributed by atoms with van der Waals surface area (Å²) in [6.07, 6.45) is 0. The minimum absolute atomic E-state index is 0.0563. The fourth-order valence-electron chi connectivity index (χ4n) is 1.43. The van der Waals surface area contributed by atoms with Gasteiger partial charge in [0.2, 0.25) is 0 Å². The molecule has 0 aliphatic rings. The highest BCUT2D eigenvalue weighted by atomic mass is 32.1. The lowest BCUT2D eigenvalue weighted by Crippen LogP contribution is -2.21. The number of hydrogen-bond donors (Lipinski definition) is 2. The van der Waals surface area contributed by atoms with Gasteiger partial charge in [-0.3, -0.25) is 4.79 Å². The van der Waals surface area contributed by atoms with E-state index in [2.05, 4.69) is 10.3 Å². The van der Waals surface area contributed by atoms with Gasteiger partial charge in [0.05, 0.1) is 23.9 Å². The minimum Gasteiger partial charge on any atom is -0.497 e. The summed E-state index contributed by atoms with van der Waals surface area (Å²) in [5.41, 5.74) is 0.876. The summed E-state index contributed by atoms with van der Waals surface area (Å²) in [7, 11) is 1.61. The predicted molar refractivity (Wildman–Crippen MR) is 65.5 cm³/mol.